The molecule has 1 heterocycles. The Labute approximate surface area is 112 Å². The molecule has 2 rings (SSSR count). The third-order valence-corrected chi connectivity index (χ3v) is 3.34. The summed E-state index contributed by atoms with van der Waals surface area (Å²) >= 11 is 5.99. The van der Waals surface area contributed by atoms with Crippen molar-refractivity contribution in [1.82, 2.24) is 10.6 Å². The first-order chi connectivity index (χ1) is 8.66. The van der Waals surface area contributed by atoms with Crippen LogP contribution in [0.25, 0.3) is 0 Å². The molecule has 1 aliphatic heterocycles. The fourth-order valence-corrected chi connectivity index (χ4v) is 1.97. The third-order valence-electron chi connectivity index (χ3n) is 2.93. The molecule has 18 heavy (non-hydrogen) atoms. The Bertz CT molecular complexity index is 431. The highest BCUT2D eigenvalue weighted by Crippen LogP contribution is 2.16. The van der Waals surface area contributed by atoms with Gasteiger partial charge in [-0.15, -0.1) is 0 Å². The summed E-state index contributed by atoms with van der Waals surface area (Å²) < 4.78 is 5.50. The van der Waals surface area contributed by atoms with Gasteiger partial charge in [-0.05, 0) is 24.6 Å². The van der Waals surface area contributed by atoms with Crippen molar-refractivity contribution in [3.63, 3.8) is 0 Å². The Kier molecular flexibility index (Phi) is 4.58. The lowest BCUT2D eigenvalue weighted by molar-refractivity contribution is 0.0287. The molecule has 2 N–H and O–H groups in total. The van der Waals surface area contributed by atoms with Crippen molar-refractivity contribution in [2.24, 2.45) is 0 Å². The van der Waals surface area contributed by atoms with Gasteiger partial charge < -0.3 is 15.4 Å². The highest BCUT2D eigenvalue weighted by Gasteiger charge is 2.15. The number of ether oxygens (including phenoxy) is 1. The molecular weight excluding hydrogens is 252 g/mol. The molecule has 1 atom stereocenters. The molecular formula is C13H17ClN2O2. The van der Waals surface area contributed by atoms with E-state index in [-0.39, 0.29) is 12.0 Å². The number of carbonyl (C=O) groups is 1. The minimum Gasteiger partial charge on any atom is -0.374 e. The first kappa shape index (κ1) is 13.3. The lowest BCUT2D eigenvalue weighted by Crippen LogP contribution is -2.45. The maximum Gasteiger partial charge on any atom is 0.251 e. The summed E-state index contributed by atoms with van der Waals surface area (Å²) in [6, 6.07) is 5.30. The molecule has 1 aromatic rings. The molecule has 0 spiro atoms. The van der Waals surface area contributed by atoms with E-state index in [0.29, 0.717) is 23.7 Å². The molecule has 1 saturated heterocycles. The second kappa shape index (κ2) is 6.18. The second-order valence-electron chi connectivity index (χ2n) is 4.37. The number of rotatable bonds is 3. The normalized spacial score (nSPS) is 19.6. The second-order valence-corrected chi connectivity index (χ2v) is 4.78. The van der Waals surface area contributed by atoms with Crippen molar-refractivity contribution in [3.05, 3.63) is 34.3 Å². The monoisotopic (exact) mass is 268 g/mol. The number of hydrogen-bond donors (Lipinski definition) is 2. The molecule has 4 nitrogen and oxygen atoms in total. The zero-order chi connectivity index (χ0) is 13.0. The predicted molar refractivity (Wildman–Crippen MR) is 71.1 cm³/mol. The van der Waals surface area contributed by atoms with Crippen LogP contribution in [-0.4, -0.2) is 38.3 Å². The van der Waals surface area contributed by atoms with E-state index in [0.717, 1.165) is 18.7 Å². The van der Waals surface area contributed by atoms with E-state index in [4.69, 9.17) is 16.3 Å². The number of amides is 1. The highest BCUT2D eigenvalue weighted by molar-refractivity contribution is 6.31. The van der Waals surface area contributed by atoms with E-state index in [1.807, 2.05) is 13.0 Å². The van der Waals surface area contributed by atoms with Gasteiger partial charge in [0.1, 0.15) is 0 Å². The highest BCUT2D eigenvalue weighted by atomic mass is 35.5. The third kappa shape index (κ3) is 3.45. The van der Waals surface area contributed by atoms with Gasteiger partial charge in [0, 0.05) is 30.2 Å². The topological polar surface area (TPSA) is 50.4 Å². The van der Waals surface area contributed by atoms with E-state index >= 15 is 0 Å². The SMILES string of the molecule is Cc1ccc(C(=O)NCC2CNCCO2)cc1Cl. The van der Waals surface area contributed by atoms with E-state index in [1.165, 1.54) is 0 Å². The van der Waals surface area contributed by atoms with Crippen molar-refractivity contribution in [1.29, 1.82) is 0 Å². The Balaban J connectivity index is 1.88. The predicted octanol–water partition coefficient (Wildman–Crippen LogP) is 1.37. The van der Waals surface area contributed by atoms with Gasteiger partial charge in [0.05, 0.1) is 12.7 Å². The van der Waals surface area contributed by atoms with Crippen LogP contribution in [-0.2, 0) is 4.74 Å². The van der Waals surface area contributed by atoms with E-state index in [9.17, 15) is 4.79 Å². The van der Waals surface area contributed by atoms with Crippen molar-refractivity contribution in [3.8, 4) is 0 Å². The van der Waals surface area contributed by atoms with Crippen molar-refractivity contribution < 1.29 is 9.53 Å². The van der Waals surface area contributed by atoms with Gasteiger partial charge in [-0.2, -0.15) is 0 Å². The smallest absolute Gasteiger partial charge is 0.251 e. The summed E-state index contributed by atoms with van der Waals surface area (Å²) in [4.78, 5) is 11.9. The Hall–Kier alpha value is -1.10. The molecule has 0 aliphatic carbocycles. The van der Waals surface area contributed by atoms with E-state index in [1.54, 1.807) is 12.1 Å². The van der Waals surface area contributed by atoms with Gasteiger partial charge >= 0.3 is 0 Å². The summed E-state index contributed by atoms with van der Waals surface area (Å²) in [6.07, 6.45) is 0.0450. The fourth-order valence-electron chi connectivity index (χ4n) is 1.79. The minimum atomic E-state index is -0.119. The van der Waals surface area contributed by atoms with Crippen LogP contribution in [0.5, 0.6) is 0 Å². The largest absolute Gasteiger partial charge is 0.374 e. The molecule has 5 heteroatoms. The van der Waals surface area contributed by atoms with Crippen LogP contribution in [0.3, 0.4) is 0 Å². The first-order valence-corrected chi connectivity index (χ1v) is 6.41. The fraction of sp³-hybridized carbons (Fsp3) is 0.462. The number of halogens is 1. The van der Waals surface area contributed by atoms with Crippen LogP contribution >= 0.6 is 11.6 Å². The average molecular weight is 269 g/mol. The van der Waals surface area contributed by atoms with Crippen molar-refractivity contribution in [2.45, 2.75) is 13.0 Å². The van der Waals surface area contributed by atoms with Gasteiger partial charge in [-0.25, -0.2) is 0 Å². The standard InChI is InChI=1S/C13H17ClN2O2/c1-9-2-3-10(6-12(9)14)13(17)16-8-11-7-15-4-5-18-11/h2-3,6,11,15H,4-5,7-8H2,1H3,(H,16,17). The minimum absolute atomic E-state index is 0.0450. The van der Waals surface area contributed by atoms with Crippen LogP contribution in [0.2, 0.25) is 5.02 Å². The average Bonchev–Trinajstić information content (AvgIpc) is 2.40. The Morgan fingerprint density at radius 2 is 2.44 bits per heavy atom. The molecule has 1 amide bonds. The maximum atomic E-state index is 11.9. The molecule has 98 valence electrons. The Morgan fingerprint density at radius 3 is 3.11 bits per heavy atom. The van der Waals surface area contributed by atoms with Gasteiger partial charge in [-0.1, -0.05) is 17.7 Å². The number of aryl methyl sites for hydroxylation is 1. The number of nitrogens with one attached hydrogen (secondary N) is 2. The van der Waals surface area contributed by atoms with Gasteiger partial charge in [-0.3, -0.25) is 4.79 Å². The summed E-state index contributed by atoms with van der Waals surface area (Å²) in [5, 5.41) is 6.68. The first-order valence-electron chi connectivity index (χ1n) is 6.03. The molecule has 0 aromatic heterocycles. The molecule has 1 fully saturated rings. The zero-order valence-corrected chi connectivity index (χ0v) is 11.1. The summed E-state index contributed by atoms with van der Waals surface area (Å²) in [5.41, 5.74) is 1.54. The van der Waals surface area contributed by atoms with Gasteiger partial charge in [0.2, 0.25) is 0 Å². The maximum absolute atomic E-state index is 11.9. The van der Waals surface area contributed by atoms with Crippen LogP contribution in [0.15, 0.2) is 18.2 Å². The van der Waals surface area contributed by atoms with Crippen molar-refractivity contribution in [2.75, 3.05) is 26.2 Å². The number of morpholine rings is 1. The summed E-state index contributed by atoms with van der Waals surface area (Å²) in [6.45, 7) is 4.76. The van der Waals surface area contributed by atoms with E-state index < -0.39 is 0 Å². The molecule has 0 bridgehead atoms. The number of benzene rings is 1. The number of hydrogen-bond acceptors (Lipinski definition) is 3. The molecule has 1 unspecified atom stereocenters. The summed E-state index contributed by atoms with van der Waals surface area (Å²) in [7, 11) is 0. The molecule has 0 radical (unpaired) electrons. The van der Waals surface area contributed by atoms with Crippen LogP contribution in [0, 0.1) is 6.92 Å². The quantitative estimate of drug-likeness (QED) is 0.871. The molecule has 0 saturated carbocycles. The zero-order valence-electron chi connectivity index (χ0n) is 10.3. The number of carbonyl (C=O) groups excluding carboxylic acids is 1. The van der Waals surface area contributed by atoms with Crippen LogP contribution in [0.1, 0.15) is 15.9 Å². The lowest BCUT2D eigenvalue weighted by Gasteiger charge is -2.23. The van der Waals surface area contributed by atoms with Crippen LogP contribution in [0.4, 0.5) is 0 Å². The van der Waals surface area contributed by atoms with E-state index in [2.05, 4.69) is 10.6 Å². The lowest BCUT2D eigenvalue weighted by atomic mass is 10.1. The van der Waals surface area contributed by atoms with Gasteiger partial charge in [0.15, 0.2) is 0 Å². The van der Waals surface area contributed by atoms with Crippen molar-refractivity contribution >= 4 is 17.5 Å². The molecule has 1 aliphatic rings. The Morgan fingerprint density at radius 1 is 1.61 bits per heavy atom. The molecule has 1 aromatic carbocycles. The summed E-state index contributed by atoms with van der Waals surface area (Å²) in [5.74, 6) is -0.119. The van der Waals surface area contributed by atoms with Gasteiger partial charge in [0.25, 0.3) is 5.91 Å². The van der Waals surface area contributed by atoms with Crippen LogP contribution < -0.4 is 10.6 Å².